The van der Waals surface area contributed by atoms with Gasteiger partial charge >= 0.3 is 0 Å². The van der Waals surface area contributed by atoms with E-state index in [1.165, 1.54) is 13.0 Å². The topological polar surface area (TPSA) is 20.3 Å². The van der Waals surface area contributed by atoms with Gasteiger partial charge in [0.2, 0.25) is 0 Å². The molecule has 0 spiro atoms. The molecule has 0 heterocycles. The van der Waals surface area contributed by atoms with Gasteiger partial charge in [-0.15, -0.1) is 0 Å². The number of nitrogens with zero attached hydrogens (tertiary/aromatic N) is 1. The summed E-state index contributed by atoms with van der Waals surface area (Å²) in [6.07, 6.45) is 0. The van der Waals surface area contributed by atoms with Crippen molar-refractivity contribution >= 4 is 17.2 Å². The highest BCUT2D eigenvalue weighted by atomic mass is 19.1. The Morgan fingerprint density at radius 1 is 1.15 bits per heavy atom. The van der Waals surface area contributed by atoms with Gasteiger partial charge in [0, 0.05) is 18.3 Å². The Hall–Kier alpha value is -2.16. The summed E-state index contributed by atoms with van der Waals surface area (Å²) in [5, 5.41) is 0. The first-order chi connectivity index (χ1) is 9.40. The fourth-order valence-corrected chi connectivity index (χ4v) is 2.20. The molecular formula is C17H18FNO. The van der Waals surface area contributed by atoms with Gasteiger partial charge < -0.3 is 4.90 Å². The largest absolute Gasteiger partial charge is 0.344 e. The fraction of sp³-hybridized carbons (Fsp3) is 0.235. The molecule has 2 nitrogen and oxygen atoms in total. The average molecular weight is 271 g/mol. The van der Waals surface area contributed by atoms with Crippen molar-refractivity contribution in [3.63, 3.8) is 0 Å². The molecule has 0 bridgehead atoms. The van der Waals surface area contributed by atoms with Crippen LogP contribution in [0.25, 0.3) is 0 Å². The summed E-state index contributed by atoms with van der Waals surface area (Å²) in [4.78, 5) is 13.7. The fourth-order valence-electron chi connectivity index (χ4n) is 2.20. The van der Waals surface area contributed by atoms with Gasteiger partial charge in [-0.25, -0.2) is 4.39 Å². The van der Waals surface area contributed by atoms with Crippen LogP contribution in [0.4, 0.5) is 15.8 Å². The predicted octanol–water partition coefficient (Wildman–Crippen LogP) is 4.41. The molecule has 0 unspecified atom stereocenters. The summed E-state index contributed by atoms with van der Waals surface area (Å²) < 4.78 is 13.7. The number of carbonyl (C=O) groups is 1. The SMILES string of the molecule is CC(=O)c1cc(F)c(C)cc1N(C)c1cccc(C)c1. The molecule has 2 aromatic carbocycles. The van der Waals surface area contributed by atoms with Gasteiger partial charge in [-0.2, -0.15) is 0 Å². The molecule has 0 amide bonds. The van der Waals surface area contributed by atoms with E-state index in [0.29, 0.717) is 11.1 Å². The van der Waals surface area contributed by atoms with E-state index in [-0.39, 0.29) is 11.6 Å². The highest BCUT2D eigenvalue weighted by Gasteiger charge is 2.15. The highest BCUT2D eigenvalue weighted by Crippen LogP contribution is 2.30. The van der Waals surface area contributed by atoms with Crippen LogP contribution in [0, 0.1) is 19.7 Å². The van der Waals surface area contributed by atoms with E-state index in [4.69, 9.17) is 0 Å². The quantitative estimate of drug-likeness (QED) is 0.770. The molecule has 0 aromatic heterocycles. The van der Waals surface area contributed by atoms with Crippen molar-refractivity contribution < 1.29 is 9.18 Å². The van der Waals surface area contributed by atoms with Crippen LogP contribution in [-0.2, 0) is 0 Å². The smallest absolute Gasteiger partial charge is 0.162 e. The zero-order valence-corrected chi connectivity index (χ0v) is 12.2. The minimum atomic E-state index is -0.350. The minimum absolute atomic E-state index is 0.140. The van der Waals surface area contributed by atoms with Crippen molar-refractivity contribution in [3.05, 3.63) is 58.9 Å². The first-order valence-corrected chi connectivity index (χ1v) is 6.51. The number of halogens is 1. The van der Waals surface area contributed by atoms with E-state index in [0.717, 1.165) is 16.9 Å². The van der Waals surface area contributed by atoms with E-state index >= 15 is 0 Å². The second kappa shape index (κ2) is 5.45. The third kappa shape index (κ3) is 2.72. The van der Waals surface area contributed by atoms with Crippen molar-refractivity contribution in [1.82, 2.24) is 0 Å². The van der Waals surface area contributed by atoms with Gasteiger partial charge in [0.05, 0.1) is 5.69 Å². The molecule has 0 aliphatic carbocycles. The standard InChI is InChI=1S/C17H18FNO/c1-11-6-5-7-14(8-11)19(4)17-9-12(2)16(18)10-15(17)13(3)20/h5-10H,1-4H3. The molecule has 0 saturated carbocycles. The highest BCUT2D eigenvalue weighted by molar-refractivity contribution is 6.00. The van der Waals surface area contributed by atoms with Crippen molar-refractivity contribution in [1.29, 1.82) is 0 Å². The van der Waals surface area contributed by atoms with Crippen molar-refractivity contribution in [2.75, 3.05) is 11.9 Å². The van der Waals surface area contributed by atoms with Gasteiger partial charge in [-0.3, -0.25) is 4.79 Å². The Balaban J connectivity index is 2.56. The molecule has 0 atom stereocenters. The molecule has 0 aliphatic heterocycles. The Kier molecular flexibility index (Phi) is 3.89. The van der Waals surface area contributed by atoms with Crippen LogP contribution in [0.5, 0.6) is 0 Å². The van der Waals surface area contributed by atoms with Gasteiger partial charge in [0.15, 0.2) is 5.78 Å². The molecule has 3 heteroatoms. The second-order valence-corrected chi connectivity index (χ2v) is 5.07. The van der Waals surface area contributed by atoms with Crippen LogP contribution < -0.4 is 4.90 Å². The van der Waals surface area contributed by atoms with Gasteiger partial charge in [-0.1, -0.05) is 12.1 Å². The number of rotatable bonds is 3. The van der Waals surface area contributed by atoms with E-state index < -0.39 is 0 Å². The minimum Gasteiger partial charge on any atom is -0.344 e. The molecule has 2 aromatic rings. The summed E-state index contributed by atoms with van der Waals surface area (Å²) in [6.45, 7) is 5.17. The van der Waals surface area contributed by atoms with Crippen molar-refractivity contribution in [2.45, 2.75) is 20.8 Å². The number of carbonyl (C=O) groups excluding carboxylic acids is 1. The lowest BCUT2D eigenvalue weighted by atomic mass is 10.0. The predicted molar refractivity (Wildman–Crippen MR) is 80.4 cm³/mol. The van der Waals surface area contributed by atoms with E-state index in [1.807, 2.05) is 43.1 Å². The Bertz CT molecular complexity index is 664. The normalized spacial score (nSPS) is 10.4. The number of Topliss-reactive ketones (excluding diaryl/α,β-unsaturated/α-hetero) is 1. The molecule has 0 radical (unpaired) electrons. The summed E-state index contributed by atoms with van der Waals surface area (Å²) in [5.41, 5.74) is 3.76. The number of hydrogen-bond donors (Lipinski definition) is 0. The first-order valence-electron chi connectivity index (χ1n) is 6.51. The van der Waals surface area contributed by atoms with Crippen LogP contribution in [-0.4, -0.2) is 12.8 Å². The maximum atomic E-state index is 13.7. The summed E-state index contributed by atoms with van der Waals surface area (Å²) in [7, 11) is 1.88. The van der Waals surface area contributed by atoms with Crippen LogP contribution in [0.1, 0.15) is 28.4 Å². The Morgan fingerprint density at radius 2 is 1.85 bits per heavy atom. The third-order valence-corrected chi connectivity index (χ3v) is 3.41. The van der Waals surface area contributed by atoms with Gasteiger partial charge in [-0.05, 0) is 56.2 Å². The lowest BCUT2D eigenvalue weighted by Crippen LogP contribution is -2.14. The maximum absolute atomic E-state index is 13.7. The molecule has 0 fully saturated rings. The molecule has 2 rings (SSSR count). The molecular weight excluding hydrogens is 253 g/mol. The lowest BCUT2D eigenvalue weighted by molar-refractivity contribution is 0.101. The Labute approximate surface area is 118 Å². The zero-order chi connectivity index (χ0) is 14.9. The van der Waals surface area contributed by atoms with Crippen LogP contribution in [0.15, 0.2) is 36.4 Å². The van der Waals surface area contributed by atoms with Crippen molar-refractivity contribution in [2.24, 2.45) is 0 Å². The molecule has 0 saturated heterocycles. The third-order valence-electron chi connectivity index (χ3n) is 3.41. The molecule has 0 aliphatic rings. The zero-order valence-electron chi connectivity index (χ0n) is 12.2. The van der Waals surface area contributed by atoms with Crippen LogP contribution in [0.3, 0.4) is 0 Å². The average Bonchev–Trinajstić information content (AvgIpc) is 2.40. The van der Waals surface area contributed by atoms with Gasteiger partial charge in [0.1, 0.15) is 5.82 Å². The summed E-state index contributed by atoms with van der Waals surface area (Å²) >= 11 is 0. The van der Waals surface area contributed by atoms with Gasteiger partial charge in [0.25, 0.3) is 0 Å². The van der Waals surface area contributed by atoms with E-state index in [1.54, 1.807) is 13.0 Å². The number of aryl methyl sites for hydroxylation is 2. The number of hydrogen-bond acceptors (Lipinski definition) is 2. The molecule has 0 N–H and O–H groups in total. The van der Waals surface area contributed by atoms with E-state index in [9.17, 15) is 9.18 Å². The van der Waals surface area contributed by atoms with E-state index in [2.05, 4.69) is 0 Å². The number of benzene rings is 2. The Morgan fingerprint density at radius 3 is 2.45 bits per heavy atom. The summed E-state index contributed by atoms with van der Waals surface area (Å²) in [5.74, 6) is -0.491. The lowest BCUT2D eigenvalue weighted by Gasteiger charge is -2.23. The summed E-state index contributed by atoms with van der Waals surface area (Å²) in [6, 6.07) is 11.0. The first kappa shape index (κ1) is 14.3. The molecule has 104 valence electrons. The maximum Gasteiger partial charge on any atom is 0.162 e. The monoisotopic (exact) mass is 271 g/mol. The van der Waals surface area contributed by atoms with Crippen LogP contribution >= 0.6 is 0 Å². The molecule has 20 heavy (non-hydrogen) atoms. The van der Waals surface area contributed by atoms with Crippen LogP contribution in [0.2, 0.25) is 0 Å². The van der Waals surface area contributed by atoms with Crippen molar-refractivity contribution in [3.8, 4) is 0 Å². The number of anilines is 2. The second-order valence-electron chi connectivity index (χ2n) is 5.07. The number of ketones is 1.